The molecule has 0 aromatic heterocycles. The topological polar surface area (TPSA) is 138 Å². The zero-order chi connectivity index (χ0) is 86.1. The maximum atomic E-state index is 6.93. The second-order valence-electron chi connectivity index (χ2n) is 30.4. The van der Waals surface area contributed by atoms with Crippen LogP contribution in [0.4, 0.5) is 0 Å². The largest absolute Gasteiger partial charge is 0.489 e. The fourth-order valence-corrected chi connectivity index (χ4v) is 14.1. The summed E-state index contributed by atoms with van der Waals surface area (Å²) in [5.41, 5.74) is 13.9. The van der Waals surface area contributed by atoms with Crippen molar-refractivity contribution in [2.45, 2.75) is 99.1 Å². The van der Waals surface area contributed by atoms with E-state index in [1.165, 1.54) is 0 Å². The van der Waals surface area contributed by atoms with Crippen molar-refractivity contribution >= 4 is 22.6 Å². The van der Waals surface area contributed by atoms with Gasteiger partial charge in [-0.25, -0.2) is 0 Å². The summed E-state index contributed by atoms with van der Waals surface area (Å²) in [6, 6.07) is 129. The molecular formula is C111H95IO15. The van der Waals surface area contributed by atoms with Gasteiger partial charge < -0.3 is 71.1 Å². The molecular weight excluding hydrogens is 1700 g/mol. The van der Waals surface area contributed by atoms with E-state index in [-0.39, 0.29) is 46.2 Å². The van der Waals surface area contributed by atoms with Crippen LogP contribution < -0.4 is 71.1 Å². The lowest BCUT2D eigenvalue weighted by Gasteiger charge is -2.17. The Morgan fingerprint density at radius 2 is 0.220 bits per heavy atom. The second kappa shape index (κ2) is 45.1. The Balaban J connectivity index is 0.697. The van der Waals surface area contributed by atoms with E-state index in [1.54, 1.807) is 0 Å². The summed E-state index contributed by atoms with van der Waals surface area (Å²) in [5.74, 6) is 8.94. The Bertz CT molecular complexity index is 5190. The van der Waals surface area contributed by atoms with E-state index >= 15 is 0 Å². The second-order valence-corrected chi connectivity index (χ2v) is 31.6. The van der Waals surface area contributed by atoms with E-state index < -0.39 is 0 Å². The molecule has 127 heavy (non-hydrogen) atoms. The van der Waals surface area contributed by atoms with Gasteiger partial charge in [-0.1, -0.05) is 243 Å². The highest BCUT2D eigenvalue weighted by molar-refractivity contribution is 14.1. The molecule has 0 fully saturated rings. The standard InChI is InChI=1S/C111H95IO15/c112-96-41-43-97(44-42-96)113-74-89-45-106(122-79-94-55-108(124-75-90-47-98(114-66-81-25-9-1-10-26-81)59-99(48-90)115-67-82-27-11-2-12-28-82)64-109(56-94)125-76-91-49-100(116-68-83-29-13-3-14-30-83)60-101(50-91)117-69-84-31-15-4-16-32-84)63-107(46-89)123-80-95-57-110(126-77-92-51-102(118-70-85-33-17-5-18-34-85)61-103(52-92)119-71-86-35-19-6-20-36-86)65-111(58-95)127-78-93-53-104(120-72-87-37-21-7-22-38-87)62-105(54-93)121-73-88-39-23-8-24-40-88/h1-65H,66-80H2. The molecule has 0 heterocycles. The molecule has 0 bridgehead atoms. The third-order valence-corrected chi connectivity index (χ3v) is 20.9. The average Bonchev–Trinajstić information content (AvgIpc) is 0.879. The van der Waals surface area contributed by atoms with E-state index in [0.717, 1.165) is 87.0 Å². The summed E-state index contributed by atoms with van der Waals surface area (Å²) in [6.45, 7) is 3.87. The van der Waals surface area contributed by atoms with Gasteiger partial charge in [0.2, 0.25) is 0 Å². The highest BCUT2D eigenvalue weighted by atomic mass is 127. The SMILES string of the molecule is Ic1ccc(OCc2cc(OCc3cc(OCc4cc(OCc5ccccc5)cc(OCc5ccccc5)c4)cc(OCc4cc(OCc5ccccc5)cc(OCc5ccccc5)c4)c3)cc(OCc3cc(OCc4cc(OCc5ccccc5)cc(OCc5ccccc5)c4)cc(OCc4cc(OCc5ccccc5)cc(OCc5ccccc5)c4)c3)c2)cc1. The molecule has 0 unspecified atom stereocenters. The van der Waals surface area contributed by atoms with Crippen molar-refractivity contribution < 1.29 is 71.1 Å². The van der Waals surface area contributed by atoms with Crippen LogP contribution in [-0.4, -0.2) is 0 Å². The zero-order valence-electron chi connectivity index (χ0n) is 70.1. The minimum atomic E-state index is 0.0838. The third-order valence-electron chi connectivity index (χ3n) is 20.2. The van der Waals surface area contributed by atoms with Gasteiger partial charge in [-0.3, -0.25) is 0 Å². The molecule has 0 saturated heterocycles. The van der Waals surface area contributed by atoms with Crippen molar-refractivity contribution in [1.29, 1.82) is 0 Å². The first-order valence-corrected chi connectivity index (χ1v) is 43.2. The van der Waals surface area contributed by atoms with Gasteiger partial charge in [-0.15, -0.1) is 0 Å². The van der Waals surface area contributed by atoms with Crippen LogP contribution >= 0.6 is 22.6 Å². The maximum absolute atomic E-state index is 6.93. The van der Waals surface area contributed by atoms with Crippen molar-refractivity contribution in [3.8, 4) is 86.2 Å². The first-order chi connectivity index (χ1) is 62.6. The van der Waals surface area contributed by atoms with Gasteiger partial charge in [0, 0.05) is 46.0 Å². The Morgan fingerprint density at radius 3 is 0.346 bits per heavy atom. The highest BCUT2D eigenvalue weighted by Gasteiger charge is 2.17. The van der Waals surface area contributed by atoms with Crippen molar-refractivity contribution in [3.63, 3.8) is 0 Å². The van der Waals surface area contributed by atoms with Gasteiger partial charge in [0.05, 0.1) is 0 Å². The molecule has 0 amide bonds. The highest BCUT2D eigenvalue weighted by Crippen LogP contribution is 2.36. The fourth-order valence-electron chi connectivity index (χ4n) is 13.8. The fraction of sp³-hybridized carbons (Fsp3) is 0.135. The Hall–Kier alpha value is -14.8. The predicted molar refractivity (Wildman–Crippen MR) is 501 cm³/mol. The monoisotopic (exact) mass is 1790 g/mol. The van der Waals surface area contributed by atoms with Crippen molar-refractivity contribution in [2.24, 2.45) is 0 Å². The third kappa shape index (κ3) is 27.9. The number of hydrogen-bond donors (Lipinski definition) is 0. The van der Waals surface area contributed by atoms with Crippen LogP contribution in [0.1, 0.15) is 83.5 Å². The quantitative estimate of drug-likeness (QED) is 0.0334. The molecule has 0 N–H and O–H groups in total. The zero-order valence-corrected chi connectivity index (χ0v) is 72.3. The minimum Gasteiger partial charge on any atom is -0.489 e. The van der Waals surface area contributed by atoms with E-state index in [1.807, 2.05) is 394 Å². The van der Waals surface area contributed by atoms with Crippen LogP contribution in [-0.2, 0) is 99.1 Å². The van der Waals surface area contributed by atoms with Crippen molar-refractivity contribution in [1.82, 2.24) is 0 Å². The van der Waals surface area contributed by atoms with Crippen LogP contribution in [0.5, 0.6) is 86.2 Å². The Kier molecular flexibility index (Phi) is 30.4. The van der Waals surface area contributed by atoms with Crippen LogP contribution in [0.15, 0.2) is 394 Å². The normalized spacial score (nSPS) is 10.9. The molecule has 0 spiro atoms. The van der Waals surface area contributed by atoms with Gasteiger partial charge in [-0.2, -0.15) is 0 Å². The number of rotatable bonds is 45. The van der Waals surface area contributed by atoms with Gasteiger partial charge >= 0.3 is 0 Å². The molecule has 16 aromatic carbocycles. The van der Waals surface area contributed by atoms with E-state index in [4.69, 9.17) is 71.1 Å². The first kappa shape index (κ1) is 85.8. The lowest BCUT2D eigenvalue weighted by Crippen LogP contribution is -2.05. The summed E-state index contributed by atoms with van der Waals surface area (Å²) in [7, 11) is 0. The van der Waals surface area contributed by atoms with Crippen molar-refractivity contribution in [2.75, 3.05) is 0 Å². The minimum absolute atomic E-state index is 0.0838. The first-order valence-electron chi connectivity index (χ1n) is 42.1. The van der Waals surface area contributed by atoms with Gasteiger partial charge in [0.15, 0.2) is 0 Å². The van der Waals surface area contributed by atoms with E-state index in [2.05, 4.69) is 22.6 Å². The molecule has 16 aromatic rings. The molecule has 0 radical (unpaired) electrons. The summed E-state index contributed by atoms with van der Waals surface area (Å²) in [4.78, 5) is 0. The molecule has 0 atom stereocenters. The summed E-state index contributed by atoms with van der Waals surface area (Å²) in [6.07, 6.45) is 0. The Labute approximate surface area is 755 Å². The molecule has 0 aliphatic carbocycles. The smallest absolute Gasteiger partial charge is 0.123 e. The molecule has 0 aliphatic rings. The van der Waals surface area contributed by atoms with Crippen LogP contribution in [0.2, 0.25) is 0 Å². The lowest BCUT2D eigenvalue weighted by molar-refractivity contribution is 0.269. The maximum Gasteiger partial charge on any atom is 0.123 e. The number of ether oxygens (including phenoxy) is 15. The number of benzene rings is 16. The summed E-state index contributed by atoms with van der Waals surface area (Å²) >= 11 is 2.30. The summed E-state index contributed by atoms with van der Waals surface area (Å²) < 4.78 is 100. The molecule has 16 heteroatoms. The van der Waals surface area contributed by atoms with Gasteiger partial charge in [0.25, 0.3) is 0 Å². The number of halogens is 1. The van der Waals surface area contributed by atoms with Crippen LogP contribution in [0.3, 0.4) is 0 Å². The lowest BCUT2D eigenvalue weighted by atomic mass is 10.1. The molecule has 0 aliphatic heterocycles. The van der Waals surface area contributed by atoms with Gasteiger partial charge in [-0.05, 0) is 215 Å². The number of hydrogen-bond acceptors (Lipinski definition) is 15. The van der Waals surface area contributed by atoms with E-state index in [0.29, 0.717) is 139 Å². The van der Waals surface area contributed by atoms with Gasteiger partial charge in [0.1, 0.15) is 185 Å². The molecule has 0 saturated carbocycles. The van der Waals surface area contributed by atoms with Crippen molar-refractivity contribution in [3.05, 3.63) is 481 Å². The molecule has 16 rings (SSSR count). The Morgan fingerprint density at radius 1 is 0.110 bits per heavy atom. The molecule has 15 nitrogen and oxygen atoms in total. The average molecular weight is 1800 g/mol. The predicted octanol–water partition coefficient (Wildman–Crippen LogP) is 26.0. The van der Waals surface area contributed by atoms with E-state index in [9.17, 15) is 0 Å². The molecule has 636 valence electrons. The summed E-state index contributed by atoms with van der Waals surface area (Å²) in [5, 5.41) is 0. The van der Waals surface area contributed by atoms with Crippen LogP contribution in [0, 0.1) is 3.57 Å². The van der Waals surface area contributed by atoms with Crippen LogP contribution in [0.25, 0.3) is 0 Å².